The van der Waals surface area contributed by atoms with Crippen molar-refractivity contribution in [1.82, 2.24) is 15.2 Å². The molecule has 1 unspecified atom stereocenters. The van der Waals surface area contributed by atoms with Crippen molar-refractivity contribution in [1.29, 1.82) is 0 Å². The predicted molar refractivity (Wildman–Crippen MR) is 89.7 cm³/mol. The Morgan fingerprint density at radius 1 is 1.43 bits per heavy atom. The molecule has 1 atom stereocenters. The summed E-state index contributed by atoms with van der Waals surface area (Å²) in [6.45, 7) is 8.67. The Balaban J connectivity index is 1.96. The molecular weight excluding hydrogens is 260 g/mol. The molecule has 2 heterocycles. The van der Waals surface area contributed by atoms with E-state index in [2.05, 4.69) is 60.2 Å². The molecule has 1 saturated heterocycles. The predicted octanol–water partition coefficient (Wildman–Crippen LogP) is 2.36. The van der Waals surface area contributed by atoms with E-state index in [9.17, 15) is 0 Å². The molecule has 0 amide bonds. The Bertz CT molecular complexity index is 431. The van der Waals surface area contributed by atoms with Crippen molar-refractivity contribution in [2.45, 2.75) is 39.3 Å². The number of hydrogen-bond donors (Lipinski definition) is 1. The van der Waals surface area contributed by atoms with Crippen LogP contribution in [0.2, 0.25) is 0 Å². The minimum atomic E-state index is 0.642. The third kappa shape index (κ3) is 4.97. The van der Waals surface area contributed by atoms with Crippen molar-refractivity contribution in [3.63, 3.8) is 0 Å². The number of pyridine rings is 1. The van der Waals surface area contributed by atoms with Crippen LogP contribution in [0.5, 0.6) is 0 Å². The zero-order chi connectivity index (χ0) is 15.2. The molecule has 118 valence electrons. The van der Waals surface area contributed by atoms with Gasteiger partial charge in [-0.3, -0.25) is 0 Å². The van der Waals surface area contributed by atoms with Crippen LogP contribution in [0.25, 0.3) is 0 Å². The smallest absolute Gasteiger partial charge is 0.128 e. The zero-order valence-electron chi connectivity index (χ0n) is 14.0. The lowest BCUT2D eigenvalue weighted by atomic mass is 10.0. The molecule has 0 spiro atoms. The van der Waals surface area contributed by atoms with E-state index >= 15 is 0 Å². The first-order chi connectivity index (χ1) is 10.1. The molecule has 0 aromatic carbocycles. The van der Waals surface area contributed by atoms with E-state index in [0.717, 1.165) is 32.0 Å². The molecule has 1 aromatic rings. The highest BCUT2D eigenvalue weighted by atomic mass is 15.2. The summed E-state index contributed by atoms with van der Waals surface area (Å²) in [5, 5.41) is 3.50. The Morgan fingerprint density at radius 3 is 2.95 bits per heavy atom. The maximum Gasteiger partial charge on any atom is 0.128 e. The molecule has 0 aliphatic carbocycles. The molecular formula is C17H30N4. The van der Waals surface area contributed by atoms with Crippen molar-refractivity contribution in [3.8, 4) is 0 Å². The second-order valence-electron chi connectivity index (χ2n) is 6.75. The molecule has 0 radical (unpaired) electrons. The van der Waals surface area contributed by atoms with Gasteiger partial charge >= 0.3 is 0 Å². The fraction of sp³-hybridized carbons (Fsp3) is 0.706. The van der Waals surface area contributed by atoms with Crippen molar-refractivity contribution in [2.75, 3.05) is 38.6 Å². The topological polar surface area (TPSA) is 31.4 Å². The van der Waals surface area contributed by atoms with E-state index in [4.69, 9.17) is 0 Å². The summed E-state index contributed by atoms with van der Waals surface area (Å²) >= 11 is 0. The molecule has 0 bridgehead atoms. The van der Waals surface area contributed by atoms with E-state index < -0.39 is 0 Å². The van der Waals surface area contributed by atoms with E-state index in [-0.39, 0.29) is 0 Å². The largest absolute Gasteiger partial charge is 0.355 e. The van der Waals surface area contributed by atoms with Crippen LogP contribution in [-0.4, -0.2) is 49.7 Å². The number of anilines is 1. The minimum absolute atomic E-state index is 0.642. The van der Waals surface area contributed by atoms with Gasteiger partial charge in [0.05, 0.1) is 0 Å². The first kappa shape index (κ1) is 16.2. The summed E-state index contributed by atoms with van der Waals surface area (Å²) in [6.07, 6.45) is 4.49. The minimum Gasteiger partial charge on any atom is -0.355 e. The van der Waals surface area contributed by atoms with Crippen molar-refractivity contribution < 1.29 is 0 Å². The summed E-state index contributed by atoms with van der Waals surface area (Å²) in [7, 11) is 4.35. The van der Waals surface area contributed by atoms with Crippen LogP contribution < -0.4 is 10.2 Å². The van der Waals surface area contributed by atoms with Crippen molar-refractivity contribution >= 4 is 5.82 Å². The fourth-order valence-electron chi connectivity index (χ4n) is 2.83. The lowest BCUT2D eigenvalue weighted by Crippen LogP contribution is -2.45. The van der Waals surface area contributed by atoms with Gasteiger partial charge in [0.15, 0.2) is 0 Å². The molecule has 21 heavy (non-hydrogen) atoms. The molecule has 1 aliphatic heterocycles. The highest BCUT2D eigenvalue weighted by molar-refractivity contribution is 5.41. The molecule has 2 rings (SSSR count). The Hall–Kier alpha value is -1.13. The normalized spacial score (nSPS) is 19.5. The van der Waals surface area contributed by atoms with E-state index in [1.807, 2.05) is 6.20 Å². The molecule has 0 saturated carbocycles. The molecule has 1 aromatic heterocycles. The van der Waals surface area contributed by atoms with E-state index in [0.29, 0.717) is 12.0 Å². The summed E-state index contributed by atoms with van der Waals surface area (Å²) in [4.78, 5) is 9.34. The number of aromatic nitrogens is 1. The lowest BCUT2D eigenvalue weighted by molar-refractivity contribution is 0.257. The summed E-state index contributed by atoms with van der Waals surface area (Å²) in [6, 6.07) is 5.00. The van der Waals surface area contributed by atoms with Gasteiger partial charge in [0.25, 0.3) is 0 Å². The second kappa shape index (κ2) is 7.76. The number of nitrogens with zero attached hydrogens (tertiary/aromatic N) is 3. The SMILES string of the molecule is CC(C)CNCc1ccnc(N2CCCC(N(C)C)C2)c1. The third-order valence-electron chi connectivity index (χ3n) is 4.14. The van der Waals surface area contributed by atoms with Crippen LogP contribution in [0.15, 0.2) is 18.3 Å². The molecule has 1 fully saturated rings. The second-order valence-corrected chi connectivity index (χ2v) is 6.75. The van der Waals surface area contributed by atoms with E-state index in [1.54, 1.807) is 0 Å². The van der Waals surface area contributed by atoms with Gasteiger partial charge in [-0.25, -0.2) is 4.98 Å². The molecule has 4 nitrogen and oxygen atoms in total. The highest BCUT2D eigenvalue weighted by Gasteiger charge is 2.22. The maximum atomic E-state index is 4.58. The van der Waals surface area contributed by atoms with Gasteiger partial charge in [-0.15, -0.1) is 0 Å². The third-order valence-corrected chi connectivity index (χ3v) is 4.14. The van der Waals surface area contributed by atoms with Crippen LogP contribution in [0.1, 0.15) is 32.3 Å². The van der Waals surface area contributed by atoms with Gasteiger partial charge in [0.2, 0.25) is 0 Å². The number of rotatable bonds is 6. The maximum absolute atomic E-state index is 4.58. The zero-order valence-corrected chi connectivity index (χ0v) is 14.0. The average molecular weight is 290 g/mol. The summed E-state index contributed by atoms with van der Waals surface area (Å²) in [5.74, 6) is 1.82. The molecule has 1 aliphatic rings. The van der Waals surface area contributed by atoms with Crippen LogP contribution >= 0.6 is 0 Å². The average Bonchev–Trinajstić information content (AvgIpc) is 2.47. The highest BCUT2D eigenvalue weighted by Crippen LogP contribution is 2.20. The van der Waals surface area contributed by atoms with Crippen LogP contribution in [-0.2, 0) is 6.54 Å². The Labute approximate surface area is 129 Å². The van der Waals surface area contributed by atoms with Gasteiger partial charge in [-0.1, -0.05) is 13.8 Å². The summed E-state index contributed by atoms with van der Waals surface area (Å²) < 4.78 is 0. The van der Waals surface area contributed by atoms with Crippen LogP contribution in [0.3, 0.4) is 0 Å². The fourth-order valence-corrected chi connectivity index (χ4v) is 2.83. The first-order valence-corrected chi connectivity index (χ1v) is 8.13. The summed E-state index contributed by atoms with van der Waals surface area (Å²) in [5.41, 5.74) is 1.33. The quantitative estimate of drug-likeness (QED) is 0.871. The van der Waals surface area contributed by atoms with Crippen molar-refractivity contribution in [3.05, 3.63) is 23.9 Å². The standard InChI is InChI=1S/C17H30N4/c1-14(2)11-18-12-15-7-8-19-17(10-15)21-9-5-6-16(13-21)20(3)4/h7-8,10,14,16,18H,5-6,9,11-13H2,1-4H3. The number of likely N-dealkylation sites (N-methyl/N-ethyl adjacent to an activating group) is 1. The number of nitrogens with one attached hydrogen (secondary N) is 1. The Morgan fingerprint density at radius 2 is 2.24 bits per heavy atom. The van der Waals surface area contributed by atoms with Gasteiger partial charge in [-0.05, 0) is 57.1 Å². The number of piperidine rings is 1. The van der Waals surface area contributed by atoms with Crippen LogP contribution in [0.4, 0.5) is 5.82 Å². The van der Waals surface area contributed by atoms with Gasteiger partial charge in [0, 0.05) is 31.9 Å². The first-order valence-electron chi connectivity index (χ1n) is 8.13. The van der Waals surface area contributed by atoms with Gasteiger partial charge in [0.1, 0.15) is 5.82 Å². The van der Waals surface area contributed by atoms with Crippen molar-refractivity contribution in [2.24, 2.45) is 5.92 Å². The molecule has 4 heteroatoms. The number of hydrogen-bond acceptors (Lipinski definition) is 4. The van der Waals surface area contributed by atoms with Gasteiger partial charge < -0.3 is 15.1 Å². The lowest BCUT2D eigenvalue weighted by Gasteiger charge is -2.36. The monoisotopic (exact) mass is 290 g/mol. The van der Waals surface area contributed by atoms with E-state index in [1.165, 1.54) is 18.4 Å². The van der Waals surface area contributed by atoms with Gasteiger partial charge in [-0.2, -0.15) is 0 Å². The Kier molecular flexibility index (Phi) is 6.00. The molecule has 1 N–H and O–H groups in total. The van der Waals surface area contributed by atoms with Crippen LogP contribution in [0, 0.1) is 5.92 Å².